The molecule has 1 N–H and O–H groups in total. The molecule has 2 unspecified atom stereocenters. The maximum absolute atomic E-state index is 10.0. The van der Waals surface area contributed by atoms with Gasteiger partial charge in [0.25, 0.3) is 0 Å². The summed E-state index contributed by atoms with van der Waals surface area (Å²) in [7, 11) is 0. The molecule has 1 aromatic carbocycles. The number of nitrogens with zero attached hydrogens (tertiary/aromatic N) is 2. The van der Waals surface area contributed by atoms with E-state index in [2.05, 4.69) is 9.97 Å². The van der Waals surface area contributed by atoms with E-state index in [0.717, 1.165) is 35.2 Å². The molecule has 18 heavy (non-hydrogen) atoms. The molecule has 1 heterocycles. The van der Waals surface area contributed by atoms with E-state index in [1.54, 1.807) is 18.1 Å². The van der Waals surface area contributed by atoms with Crippen molar-refractivity contribution in [1.29, 1.82) is 0 Å². The molecule has 0 amide bonds. The zero-order chi connectivity index (χ0) is 12.4. The first-order valence-corrected chi connectivity index (χ1v) is 7.27. The van der Waals surface area contributed by atoms with Gasteiger partial charge in [0.1, 0.15) is 11.4 Å². The molecular formula is C14H16N2OS. The lowest BCUT2D eigenvalue weighted by atomic mass is 9.97. The van der Waals surface area contributed by atoms with Crippen molar-refractivity contribution in [3.63, 3.8) is 0 Å². The van der Waals surface area contributed by atoms with E-state index >= 15 is 0 Å². The Morgan fingerprint density at radius 1 is 1.11 bits per heavy atom. The summed E-state index contributed by atoms with van der Waals surface area (Å²) < 4.78 is 0. The van der Waals surface area contributed by atoms with Gasteiger partial charge >= 0.3 is 0 Å². The summed E-state index contributed by atoms with van der Waals surface area (Å²) in [5.74, 6) is 0. The van der Waals surface area contributed by atoms with Crippen LogP contribution in [0.2, 0.25) is 0 Å². The van der Waals surface area contributed by atoms with Crippen LogP contribution in [0.15, 0.2) is 35.6 Å². The Kier molecular flexibility index (Phi) is 3.48. The standard InChI is InChI=1S/C14H16N2OS/c17-12-7-3-4-8-13(12)18-14-10-5-1-2-6-11(10)15-9-16-14/h1-2,5-6,9,12-13,17H,3-4,7-8H2. The minimum atomic E-state index is -0.197. The largest absolute Gasteiger partial charge is 0.392 e. The summed E-state index contributed by atoms with van der Waals surface area (Å²) in [6, 6.07) is 8.04. The fourth-order valence-corrected chi connectivity index (χ4v) is 3.70. The van der Waals surface area contributed by atoms with Crippen molar-refractivity contribution >= 4 is 22.7 Å². The minimum absolute atomic E-state index is 0.197. The molecule has 4 heteroatoms. The molecule has 0 aliphatic heterocycles. The third-order valence-corrected chi connectivity index (χ3v) is 4.84. The van der Waals surface area contributed by atoms with Gasteiger partial charge in [0, 0.05) is 10.6 Å². The second-order valence-corrected chi connectivity index (χ2v) is 5.93. The van der Waals surface area contributed by atoms with Crippen LogP contribution < -0.4 is 0 Å². The van der Waals surface area contributed by atoms with Crippen molar-refractivity contribution in [2.75, 3.05) is 0 Å². The highest BCUT2D eigenvalue weighted by atomic mass is 32.2. The van der Waals surface area contributed by atoms with Crippen LogP contribution in [0.1, 0.15) is 25.7 Å². The third kappa shape index (κ3) is 2.35. The van der Waals surface area contributed by atoms with Crippen LogP contribution in [0.3, 0.4) is 0 Å². The van der Waals surface area contributed by atoms with Gasteiger partial charge in [-0.1, -0.05) is 42.8 Å². The van der Waals surface area contributed by atoms with Gasteiger partial charge in [0.2, 0.25) is 0 Å². The molecule has 2 atom stereocenters. The second kappa shape index (κ2) is 5.24. The van der Waals surface area contributed by atoms with E-state index < -0.39 is 0 Å². The van der Waals surface area contributed by atoms with Crippen LogP contribution >= 0.6 is 11.8 Å². The molecule has 0 bridgehead atoms. The lowest BCUT2D eigenvalue weighted by Crippen LogP contribution is -2.26. The molecule has 0 spiro atoms. The molecule has 3 nitrogen and oxygen atoms in total. The van der Waals surface area contributed by atoms with Crippen molar-refractivity contribution in [1.82, 2.24) is 9.97 Å². The first-order chi connectivity index (χ1) is 8.84. The Balaban J connectivity index is 1.90. The van der Waals surface area contributed by atoms with Gasteiger partial charge in [0.05, 0.1) is 11.6 Å². The third-order valence-electron chi connectivity index (χ3n) is 3.44. The number of thioether (sulfide) groups is 1. The number of fused-ring (bicyclic) bond motifs is 1. The monoisotopic (exact) mass is 260 g/mol. The van der Waals surface area contributed by atoms with E-state index in [1.165, 1.54) is 6.42 Å². The average molecular weight is 260 g/mol. The number of aromatic nitrogens is 2. The van der Waals surface area contributed by atoms with Crippen molar-refractivity contribution in [2.24, 2.45) is 0 Å². The summed E-state index contributed by atoms with van der Waals surface area (Å²) in [6.45, 7) is 0. The molecule has 1 aromatic heterocycles. The molecule has 1 fully saturated rings. The van der Waals surface area contributed by atoms with Gasteiger partial charge in [-0.05, 0) is 18.9 Å². The zero-order valence-electron chi connectivity index (χ0n) is 10.1. The molecule has 94 valence electrons. The highest BCUT2D eigenvalue weighted by Gasteiger charge is 2.24. The smallest absolute Gasteiger partial charge is 0.117 e. The van der Waals surface area contributed by atoms with Crippen molar-refractivity contribution in [3.8, 4) is 0 Å². The minimum Gasteiger partial charge on any atom is -0.392 e. The average Bonchev–Trinajstić information content (AvgIpc) is 2.42. The summed E-state index contributed by atoms with van der Waals surface area (Å²) in [4.78, 5) is 8.64. The number of aliphatic hydroxyl groups excluding tert-OH is 1. The van der Waals surface area contributed by atoms with E-state index in [0.29, 0.717) is 0 Å². The van der Waals surface area contributed by atoms with Gasteiger partial charge in [-0.3, -0.25) is 0 Å². The van der Waals surface area contributed by atoms with Crippen molar-refractivity contribution in [2.45, 2.75) is 42.1 Å². The fourth-order valence-electron chi connectivity index (χ4n) is 2.43. The normalized spacial score (nSPS) is 24.3. The molecule has 0 radical (unpaired) electrons. The summed E-state index contributed by atoms with van der Waals surface area (Å²) in [5, 5.41) is 12.4. The van der Waals surface area contributed by atoms with Crippen LogP contribution in [0.5, 0.6) is 0 Å². The first kappa shape index (κ1) is 11.9. The van der Waals surface area contributed by atoms with Gasteiger partial charge in [-0.25, -0.2) is 9.97 Å². The van der Waals surface area contributed by atoms with Crippen LogP contribution in [-0.2, 0) is 0 Å². The summed E-state index contributed by atoms with van der Waals surface area (Å²) in [6.07, 6.45) is 5.75. The number of benzene rings is 1. The summed E-state index contributed by atoms with van der Waals surface area (Å²) in [5.41, 5.74) is 0.972. The van der Waals surface area contributed by atoms with Gasteiger partial charge in [0.15, 0.2) is 0 Å². The van der Waals surface area contributed by atoms with E-state index in [4.69, 9.17) is 0 Å². The molecule has 3 rings (SSSR count). The Morgan fingerprint density at radius 2 is 1.94 bits per heavy atom. The molecule has 0 saturated heterocycles. The molecule has 1 aliphatic rings. The number of para-hydroxylation sites is 1. The number of hydrogen-bond donors (Lipinski definition) is 1. The highest BCUT2D eigenvalue weighted by Crippen LogP contribution is 2.35. The van der Waals surface area contributed by atoms with Crippen molar-refractivity contribution in [3.05, 3.63) is 30.6 Å². The predicted octanol–water partition coefficient (Wildman–Crippen LogP) is 3.03. The van der Waals surface area contributed by atoms with E-state index in [1.807, 2.05) is 24.3 Å². The molecular weight excluding hydrogens is 244 g/mol. The van der Waals surface area contributed by atoms with Gasteiger partial charge in [-0.15, -0.1) is 0 Å². The Bertz CT molecular complexity index is 541. The quantitative estimate of drug-likeness (QED) is 0.843. The Labute approximate surface area is 111 Å². The van der Waals surface area contributed by atoms with Gasteiger partial charge < -0.3 is 5.11 Å². The zero-order valence-corrected chi connectivity index (χ0v) is 10.9. The van der Waals surface area contributed by atoms with Crippen molar-refractivity contribution < 1.29 is 5.11 Å². The lowest BCUT2D eigenvalue weighted by Gasteiger charge is -2.26. The number of aliphatic hydroxyl groups is 1. The summed E-state index contributed by atoms with van der Waals surface area (Å²) >= 11 is 1.70. The Hall–Kier alpha value is -1.13. The molecule has 1 saturated carbocycles. The van der Waals surface area contributed by atoms with E-state index in [9.17, 15) is 5.11 Å². The first-order valence-electron chi connectivity index (χ1n) is 6.39. The van der Waals surface area contributed by atoms with Crippen LogP contribution in [0.4, 0.5) is 0 Å². The highest BCUT2D eigenvalue weighted by molar-refractivity contribution is 8.00. The Morgan fingerprint density at radius 3 is 2.83 bits per heavy atom. The predicted molar refractivity (Wildman–Crippen MR) is 73.7 cm³/mol. The van der Waals surface area contributed by atoms with Crippen LogP contribution in [0.25, 0.3) is 10.9 Å². The number of hydrogen-bond acceptors (Lipinski definition) is 4. The van der Waals surface area contributed by atoms with Crippen LogP contribution in [0, 0.1) is 0 Å². The fraction of sp³-hybridized carbons (Fsp3) is 0.429. The molecule has 2 aromatic rings. The SMILES string of the molecule is OC1CCCCC1Sc1ncnc2ccccc12. The van der Waals surface area contributed by atoms with Gasteiger partial charge in [-0.2, -0.15) is 0 Å². The molecule has 1 aliphatic carbocycles. The van der Waals surface area contributed by atoms with E-state index in [-0.39, 0.29) is 11.4 Å². The second-order valence-electron chi connectivity index (χ2n) is 4.70. The topological polar surface area (TPSA) is 46.0 Å². The lowest BCUT2D eigenvalue weighted by molar-refractivity contribution is 0.137. The van der Waals surface area contributed by atoms with Crippen LogP contribution in [-0.4, -0.2) is 26.4 Å². The number of rotatable bonds is 2. The maximum Gasteiger partial charge on any atom is 0.117 e. The maximum atomic E-state index is 10.0.